The molecule has 1 saturated carbocycles. The first-order chi connectivity index (χ1) is 15.8. The lowest BCUT2D eigenvalue weighted by Crippen LogP contribution is -2.49. The summed E-state index contributed by atoms with van der Waals surface area (Å²) in [6, 6.07) is 4.22. The molecule has 2 aliphatic heterocycles. The molecule has 7 nitrogen and oxygen atoms in total. The summed E-state index contributed by atoms with van der Waals surface area (Å²) < 4.78 is 13.3. The highest BCUT2D eigenvalue weighted by atomic mass is 35.5. The monoisotopic (exact) mass is 479 g/mol. The molecule has 0 radical (unpaired) electrons. The van der Waals surface area contributed by atoms with Crippen molar-refractivity contribution >= 4 is 29.5 Å². The topological polar surface area (TPSA) is 84.3 Å². The van der Waals surface area contributed by atoms with E-state index in [2.05, 4.69) is 4.90 Å². The molecule has 1 aromatic rings. The highest BCUT2D eigenvalue weighted by Gasteiger charge is 2.51. The molecule has 1 aromatic carbocycles. The Labute approximate surface area is 198 Å². The van der Waals surface area contributed by atoms with E-state index in [1.54, 1.807) is 15.9 Å². The Morgan fingerprint density at radius 3 is 2.70 bits per heavy atom. The summed E-state index contributed by atoms with van der Waals surface area (Å²) in [6.45, 7) is 3.08. The average molecular weight is 480 g/mol. The molecule has 3 aliphatic rings. The average Bonchev–Trinajstić information content (AvgIpc) is 3.58. The molecule has 2 saturated heterocycles. The Kier molecular flexibility index (Phi) is 7.38. The zero-order valence-electron chi connectivity index (χ0n) is 18.6. The third-order valence-electron chi connectivity index (χ3n) is 7.12. The van der Waals surface area contributed by atoms with Gasteiger partial charge in [-0.1, -0.05) is 17.7 Å². The first-order valence-corrected chi connectivity index (χ1v) is 11.9. The highest BCUT2D eigenvalue weighted by Crippen LogP contribution is 2.53. The van der Waals surface area contributed by atoms with Gasteiger partial charge in [0.1, 0.15) is 5.82 Å². The normalized spacial score (nSPS) is 24.4. The number of carbonyl (C=O) groups excluding carboxylic acids is 2. The molecule has 1 spiro atoms. The molecule has 4 rings (SSSR count). The van der Waals surface area contributed by atoms with Crippen LogP contribution in [-0.2, 0) is 9.59 Å². The van der Waals surface area contributed by atoms with Crippen LogP contribution in [0.4, 0.5) is 4.39 Å². The lowest BCUT2D eigenvalue weighted by Gasteiger charge is -2.37. The molecular weight excluding hydrogens is 449 g/mol. The van der Waals surface area contributed by atoms with Crippen molar-refractivity contribution in [3.63, 3.8) is 0 Å². The van der Waals surface area contributed by atoms with Crippen LogP contribution in [0.2, 0.25) is 5.02 Å². The molecule has 1 unspecified atom stereocenters. The summed E-state index contributed by atoms with van der Waals surface area (Å²) in [5.41, 5.74) is 0.733. The van der Waals surface area contributed by atoms with Gasteiger partial charge in [-0.15, -0.1) is 0 Å². The number of aliphatic hydroxyl groups excluding tert-OH is 2. The molecule has 180 valence electrons. The first-order valence-electron chi connectivity index (χ1n) is 11.5. The van der Waals surface area contributed by atoms with E-state index in [1.807, 2.05) is 0 Å². The third kappa shape index (κ3) is 5.93. The smallest absolute Gasteiger partial charge is 0.246 e. The van der Waals surface area contributed by atoms with Crippen LogP contribution >= 0.6 is 11.6 Å². The van der Waals surface area contributed by atoms with Crippen LogP contribution in [0.3, 0.4) is 0 Å². The van der Waals surface area contributed by atoms with Crippen molar-refractivity contribution in [3.8, 4) is 0 Å². The maximum Gasteiger partial charge on any atom is 0.246 e. The second-order valence-electron chi connectivity index (χ2n) is 9.46. The molecule has 0 aromatic heterocycles. The predicted octanol–water partition coefficient (Wildman–Crippen LogP) is 1.76. The number of amides is 2. The van der Waals surface area contributed by atoms with Crippen molar-refractivity contribution in [1.82, 2.24) is 14.7 Å². The lowest BCUT2D eigenvalue weighted by atomic mass is 9.90. The van der Waals surface area contributed by atoms with Crippen LogP contribution < -0.4 is 0 Å². The van der Waals surface area contributed by atoms with Crippen LogP contribution in [0.5, 0.6) is 0 Å². The molecule has 2 N–H and O–H groups in total. The number of rotatable bonds is 6. The van der Waals surface area contributed by atoms with E-state index >= 15 is 0 Å². The SMILES string of the molecule is O=C(/C=C/c1ccc(F)c(Cl)c1)N1CCC(=O)N(C[C@@H](O)CN2CCC3(CC3)C(O)C2)CC1. The number of aliphatic hydroxyl groups is 2. The molecular formula is C24H31ClFN3O4. The largest absolute Gasteiger partial charge is 0.391 e. The molecule has 2 heterocycles. The minimum Gasteiger partial charge on any atom is -0.391 e. The molecule has 1 aliphatic carbocycles. The van der Waals surface area contributed by atoms with Gasteiger partial charge in [-0.3, -0.25) is 14.5 Å². The summed E-state index contributed by atoms with van der Waals surface area (Å²) in [5.74, 6) is -0.840. The molecule has 9 heteroatoms. The van der Waals surface area contributed by atoms with Gasteiger partial charge in [0.15, 0.2) is 0 Å². The van der Waals surface area contributed by atoms with E-state index in [0.29, 0.717) is 38.3 Å². The lowest BCUT2D eigenvalue weighted by molar-refractivity contribution is -0.132. The van der Waals surface area contributed by atoms with Gasteiger partial charge in [0.2, 0.25) is 11.8 Å². The Hall–Kier alpha value is -2.00. The van der Waals surface area contributed by atoms with E-state index in [4.69, 9.17) is 11.6 Å². The second kappa shape index (κ2) is 10.1. The summed E-state index contributed by atoms with van der Waals surface area (Å²) in [7, 11) is 0. The zero-order chi connectivity index (χ0) is 23.6. The van der Waals surface area contributed by atoms with Crippen molar-refractivity contribution in [2.45, 2.75) is 37.9 Å². The Balaban J connectivity index is 1.26. The van der Waals surface area contributed by atoms with Gasteiger partial charge in [0.05, 0.1) is 17.2 Å². The second-order valence-corrected chi connectivity index (χ2v) is 9.87. The van der Waals surface area contributed by atoms with Crippen LogP contribution in [-0.4, -0.2) is 94.7 Å². The van der Waals surface area contributed by atoms with E-state index < -0.39 is 11.9 Å². The van der Waals surface area contributed by atoms with E-state index in [1.165, 1.54) is 24.3 Å². The van der Waals surface area contributed by atoms with E-state index in [0.717, 1.165) is 25.8 Å². The third-order valence-corrected chi connectivity index (χ3v) is 7.41. The van der Waals surface area contributed by atoms with Gasteiger partial charge in [-0.2, -0.15) is 0 Å². The molecule has 3 fully saturated rings. The van der Waals surface area contributed by atoms with Crippen molar-refractivity contribution in [3.05, 3.63) is 40.7 Å². The van der Waals surface area contributed by atoms with Gasteiger partial charge in [0, 0.05) is 51.8 Å². The van der Waals surface area contributed by atoms with Crippen molar-refractivity contribution in [2.75, 3.05) is 45.8 Å². The van der Waals surface area contributed by atoms with Crippen LogP contribution in [0.15, 0.2) is 24.3 Å². The van der Waals surface area contributed by atoms with Gasteiger partial charge < -0.3 is 20.0 Å². The minimum atomic E-state index is -0.709. The quantitative estimate of drug-likeness (QED) is 0.607. The summed E-state index contributed by atoms with van der Waals surface area (Å²) in [5, 5.41) is 20.9. The number of benzene rings is 1. The number of halogens is 2. The fourth-order valence-electron chi connectivity index (χ4n) is 4.77. The number of piperidine rings is 1. The van der Waals surface area contributed by atoms with Crippen molar-refractivity contribution in [1.29, 1.82) is 0 Å². The molecule has 2 atom stereocenters. The number of carbonyl (C=O) groups is 2. The fraction of sp³-hybridized carbons (Fsp3) is 0.583. The highest BCUT2D eigenvalue weighted by molar-refractivity contribution is 6.30. The van der Waals surface area contributed by atoms with Crippen LogP contribution in [0, 0.1) is 11.2 Å². The number of hydrogen-bond acceptors (Lipinski definition) is 5. The number of β-amino-alcohol motifs (C(OH)–C–C–N with tert-alkyl or cyclic N) is 2. The van der Waals surface area contributed by atoms with Crippen LogP contribution in [0.25, 0.3) is 6.08 Å². The van der Waals surface area contributed by atoms with E-state index in [9.17, 15) is 24.2 Å². The Morgan fingerprint density at radius 1 is 1.21 bits per heavy atom. The Morgan fingerprint density at radius 2 is 2.00 bits per heavy atom. The predicted molar refractivity (Wildman–Crippen MR) is 123 cm³/mol. The van der Waals surface area contributed by atoms with Gasteiger partial charge in [-0.05, 0) is 55.0 Å². The van der Waals surface area contributed by atoms with Crippen molar-refractivity contribution in [2.24, 2.45) is 5.41 Å². The number of nitrogens with zero attached hydrogens (tertiary/aromatic N) is 3. The minimum absolute atomic E-state index is 0.00900. The van der Waals surface area contributed by atoms with Gasteiger partial charge in [-0.25, -0.2) is 4.39 Å². The maximum absolute atomic E-state index is 13.3. The zero-order valence-corrected chi connectivity index (χ0v) is 19.4. The molecule has 0 bridgehead atoms. The number of hydrogen-bond donors (Lipinski definition) is 2. The van der Waals surface area contributed by atoms with Gasteiger partial charge >= 0.3 is 0 Å². The Bertz CT molecular complexity index is 923. The standard InChI is InChI=1S/C24H31ClFN3O4/c25-19-13-17(1-3-20(19)26)2-4-22(32)28-9-5-23(33)29(12-11-28)15-18(30)14-27-10-8-24(6-7-24)21(31)16-27/h1-4,13,18,21,30-31H,5-12,14-16H2/b4-2+/t18-,21?/m0/s1. The summed E-state index contributed by atoms with van der Waals surface area (Å²) in [6.07, 6.45) is 5.26. The summed E-state index contributed by atoms with van der Waals surface area (Å²) >= 11 is 5.77. The maximum atomic E-state index is 13.3. The van der Waals surface area contributed by atoms with Crippen LogP contribution in [0.1, 0.15) is 31.2 Å². The molecule has 33 heavy (non-hydrogen) atoms. The van der Waals surface area contributed by atoms with E-state index in [-0.39, 0.29) is 41.3 Å². The molecule has 2 amide bonds. The first kappa shape index (κ1) is 24.1. The summed E-state index contributed by atoms with van der Waals surface area (Å²) in [4.78, 5) is 30.4. The van der Waals surface area contributed by atoms with Crippen molar-refractivity contribution < 1.29 is 24.2 Å². The fourth-order valence-corrected chi connectivity index (χ4v) is 4.95. The van der Waals surface area contributed by atoms with Gasteiger partial charge in [0.25, 0.3) is 0 Å². The number of likely N-dealkylation sites (tertiary alicyclic amines) is 1.